The number of aliphatic hydroxyl groups is 1. The minimum atomic E-state index is -0.791. The number of ether oxygens (including phenoxy) is 1. The number of hydrogen-bond acceptors (Lipinski definition) is 5. The van der Waals surface area contributed by atoms with Crippen molar-refractivity contribution in [3.05, 3.63) is 75.2 Å². The molecule has 124 valence electrons. The Morgan fingerprint density at radius 2 is 1.96 bits per heavy atom. The van der Waals surface area contributed by atoms with E-state index in [4.69, 9.17) is 4.74 Å². The van der Waals surface area contributed by atoms with Gasteiger partial charge in [-0.25, -0.2) is 4.68 Å². The molecular formula is C18H18N2O3S. The molecule has 0 fully saturated rings. The monoisotopic (exact) mass is 342 g/mol. The summed E-state index contributed by atoms with van der Waals surface area (Å²) in [6.07, 6.45) is -0.791. The quantitative estimate of drug-likeness (QED) is 0.717. The fourth-order valence-corrected chi connectivity index (χ4v) is 2.93. The average molecular weight is 342 g/mol. The Balaban J connectivity index is 1.62. The zero-order chi connectivity index (χ0) is 16.8. The second-order valence-electron chi connectivity index (χ2n) is 5.35. The van der Waals surface area contributed by atoms with E-state index in [1.54, 1.807) is 17.4 Å². The third kappa shape index (κ3) is 4.38. The highest BCUT2D eigenvalue weighted by molar-refractivity contribution is 7.09. The number of aromatic nitrogens is 2. The molecule has 0 amide bonds. The van der Waals surface area contributed by atoms with Crippen molar-refractivity contribution in [2.24, 2.45) is 0 Å². The van der Waals surface area contributed by atoms with Crippen LogP contribution in [0.25, 0.3) is 11.3 Å². The molecule has 0 saturated carbocycles. The highest BCUT2D eigenvalue weighted by Crippen LogP contribution is 2.14. The highest BCUT2D eigenvalue weighted by atomic mass is 32.1. The van der Waals surface area contributed by atoms with E-state index in [0.29, 0.717) is 12.3 Å². The molecule has 0 aliphatic carbocycles. The molecule has 3 aromatic rings. The van der Waals surface area contributed by atoms with Gasteiger partial charge in [0.25, 0.3) is 5.56 Å². The van der Waals surface area contributed by atoms with Crippen molar-refractivity contribution in [1.82, 2.24) is 9.78 Å². The van der Waals surface area contributed by atoms with E-state index in [1.807, 2.05) is 47.8 Å². The van der Waals surface area contributed by atoms with E-state index in [0.717, 1.165) is 10.4 Å². The molecule has 1 unspecified atom stereocenters. The molecule has 3 rings (SSSR count). The number of nitrogens with zero attached hydrogens (tertiary/aromatic N) is 2. The molecule has 1 aromatic carbocycles. The molecule has 1 atom stereocenters. The first kappa shape index (κ1) is 16.6. The van der Waals surface area contributed by atoms with E-state index in [1.165, 1.54) is 10.7 Å². The second-order valence-corrected chi connectivity index (χ2v) is 6.39. The van der Waals surface area contributed by atoms with Gasteiger partial charge in [-0.1, -0.05) is 36.4 Å². The van der Waals surface area contributed by atoms with Crippen LogP contribution in [0.15, 0.2) is 64.8 Å². The second kappa shape index (κ2) is 8.01. The lowest BCUT2D eigenvalue weighted by molar-refractivity contribution is 0.0189. The van der Waals surface area contributed by atoms with Gasteiger partial charge in [0.1, 0.15) is 0 Å². The maximum absolute atomic E-state index is 11.9. The predicted octanol–water partition coefficient (Wildman–Crippen LogP) is 2.55. The fraction of sp³-hybridized carbons (Fsp3) is 0.222. The molecule has 2 aromatic heterocycles. The fourth-order valence-electron chi connectivity index (χ4n) is 2.29. The first-order valence-corrected chi connectivity index (χ1v) is 8.52. The largest absolute Gasteiger partial charge is 0.389 e. The Morgan fingerprint density at radius 3 is 2.71 bits per heavy atom. The standard InChI is InChI=1S/C18H18N2O3S/c21-15(12-23-13-16-7-4-10-24-16)11-20-18(22)9-8-17(19-20)14-5-2-1-3-6-14/h1-10,15,21H,11-13H2. The van der Waals surface area contributed by atoms with E-state index in [2.05, 4.69) is 5.10 Å². The molecule has 0 radical (unpaired) electrons. The van der Waals surface area contributed by atoms with Crippen LogP contribution in [-0.2, 0) is 17.9 Å². The first-order chi connectivity index (χ1) is 11.7. The number of hydrogen-bond donors (Lipinski definition) is 1. The Kier molecular flexibility index (Phi) is 5.53. The van der Waals surface area contributed by atoms with Crippen LogP contribution >= 0.6 is 11.3 Å². The number of rotatable bonds is 7. The van der Waals surface area contributed by atoms with Gasteiger partial charge in [-0.2, -0.15) is 5.10 Å². The van der Waals surface area contributed by atoms with Gasteiger partial charge in [-0.3, -0.25) is 4.79 Å². The lowest BCUT2D eigenvalue weighted by Gasteiger charge is -2.13. The van der Waals surface area contributed by atoms with Crippen LogP contribution in [0.3, 0.4) is 0 Å². The van der Waals surface area contributed by atoms with Gasteiger partial charge in [0.2, 0.25) is 0 Å². The van der Waals surface area contributed by atoms with Crippen LogP contribution in [0.1, 0.15) is 4.88 Å². The number of thiophene rings is 1. The van der Waals surface area contributed by atoms with Crippen LogP contribution in [0.5, 0.6) is 0 Å². The van der Waals surface area contributed by atoms with E-state index < -0.39 is 6.10 Å². The van der Waals surface area contributed by atoms with Crippen LogP contribution in [-0.4, -0.2) is 27.6 Å². The van der Waals surface area contributed by atoms with Gasteiger partial charge < -0.3 is 9.84 Å². The number of aliphatic hydroxyl groups excluding tert-OH is 1. The van der Waals surface area contributed by atoms with Crippen molar-refractivity contribution >= 4 is 11.3 Å². The third-order valence-electron chi connectivity index (χ3n) is 3.45. The van der Waals surface area contributed by atoms with Crippen molar-refractivity contribution in [3.8, 4) is 11.3 Å². The molecule has 1 N–H and O–H groups in total. The van der Waals surface area contributed by atoms with Gasteiger partial charge in [0.15, 0.2) is 0 Å². The smallest absolute Gasteiger partial charge is 0.266 e. The average Bonchev–Trinajstić information content (AvgIpc) is 3.11. The van der Waals surface area contributed by atoms with Crippen LogP contribution in [0.2, 0.25) is 0 Å². The van der Waals surface area contributed by atoms with E-state index in [9.17, 15) is 9.90 Å². The zero-order valence-electron chi connectivity index (χ0n) is 13.0. The predicted molar refractivity (Wildman–Crippen MR) is 93.9 cm³/mol. The Hall–Kier alpha value is -2.28. The Morgan fingerprint density at radius 1 is 1.12 bits per heavy atom. The summed E-state index contributed by atoms with van der Waals surface area (Å²) in [6.45, 7) is 0.715. The summed E-state index contributed by atoms with van der Waals surface area (Å²) >= 11 is 1.61. The van der Waals surface area contributed by atoms with Crippen molar-refractivity contribution in [3.63, 3.8) is 0 Å². The zero-order valence-corrected chi connectivity index (χ0v) is 13.9. The first-order valence-electron chi connectivity index (χ1n) is 7.64. The molecular weight excluding hydrogens is 324 g/mol. The minimum absolute atomic E-state index is 0.101. The van der Waals surface area contributed by atoms with Gasteiger partial charge >= 0.3 is 0 Å². The summed E-state index contributed by atoms with van der Waals surface area (Å²) in [5.41, 5.74) is 1.38. The highest BCUT2D eigenvalue weighted by Gasteiger charge is 2.10. The summed E-state index contributed by atoms with van der Waals surface area (Å²) in [4.78, 5) is 13.0. The van der Waals surface area contributed by atoms with Crippen LogP contribution < -0.4 is 5.56 Å². The Bertz CT molecular complexity index is 816. The summed E-state index contributed by atoms with van der Waals surface area (Å²) in [5, 5.41) is 16.4. The normalized spacial score (nSPS) is 12.2. The molecule has 0 bridgehead atoms. The van der Waals surface area contributed by atoms with Gasteiger partial charge in [-0.05, 0) is 17.5 Å². The van der Waals surface area contributed by atoms with Crippen molar-refractivity contribution in [1.29, 1.82) is 0 Å². The van der Waals surface area contributed by atoms with Crippen LogP contribution in [0.4, 0.5) is 0 Å². The summed E-state index contributed by atoms with van der Waals surface area (Å²) in [5.74, 6) is 0. The molecule has 0 spiro atoms. The molecule has 5 nitrogen and oxygen atoms in total. The lowest BCUT2D eigenvalue weighted by Crippen LogP contribution is -2.30. The molecule has 6 heteroatoms. The maximum Gasteiger partial charge on any atom is 0.266 e. The summed E-state index contributed by atoms with van der Waals surface area (Å²) in [7, 11) is 0. The van der Waals surface area contributed by atoms with Crippen molar-refractivity contribution in [2.45, 2.75) is 19.3 Å². The summed E-state index contributed by atoms with van der Waals surface area (Å²) in [6, 6.07) is 16.7. The maximum atomic E-state index is 11.9. The molecule has 0 saturated heterocycles. The van der Waals surface area contributed by atoms with Crippen LogP contribution in [0, 0.1) is 0 Å². The topological polar surface area (TPSA) is 64.4 Å². The van der Waals surface area contributed by atoms with Gasteiger partial charge in [0.05, 0.1) is 31.6 Å². The minimum Gasteiger partial charge on any atom is -0.389 e. The van der Waals surface area contributed by atoms with Gasteiger partial charge in [0, 0.05) is 16.5 Å². The third-order valence-corrected chi connectivity index (χ3v) is 4.30. The molecule has 0 aliphatic rings. The lowest BCUT2D eigenvalue weighted by atomic mass is 10.1. The van der Waals surface area contributed by atoms with Crippen molar-refractivity contribution in [2.75, 3.05) is 6.61 Å². The molecule has 2 heterocycles. The van der Waals surface area contributed by atoms with E-state index >= 15 is 0 Å². The summed E-state index contributed by atoms with van der Waals surface area (Å²) < 4.78 is 6.76. The Labute approximate surface area is 143 Å². The SMILES string of the molecule is O=c1ccc(-c2ccccc2)nn1CC(O)COCc1cccs1. The molecule has 0 aliphatic heterocycles. The number of benzene rings is 1. The van der Waals surface area contributed by atoms with Crippen molar-refractivity contribution < 1.29 is 9.84 Å². The van der Waals surface area contributed by atoms with Gasteiger partial charge in [-0.15, -0.1) is 11.3 Å². The van der Waals surface area contributed by atoms with E-state index in [-0.39, 0.29) is 18.7 Å². The molecule has 24 heavy (non-hydrogen) atoms.